The van der Waals surface area contributed by atoms with E-state index in [0.29, 0.717) is 25.9 Å². The highest BCUT2D eigenvalue weighted by atomic mass is 32.2. The number of imidazole rings is 1. The molecule has 3 unspecified atom stereocenters. The fraction of sp³-hybridized carbons (Fsp3) is 0.417. The molecule has 1 aromatic carbocycles. The number of aromatic nitrogens is 2. The van der Waals surface area contributed by atoms with Crippen molar-refractivity contribution in [2.45, 2.75) is 37.6 Å². The molecule has 0 spiro atoms. The fourth-order valence-electron chi connectivity index (χ4n) is 4.38. The molecule has 2 aromatic rings. The average Bonchev–Trinajstić information content (AvgIpc) is 3.45. The van der Waals surface area contributed by atoms with E-state index in [2.05, 4.69) is 16.4 Å². The Bertz CT molecular complexity index is 1090. The van der Waals surface area contributed by atoms with E-state index >= 15 is 0 Å². The number of hydrogen-bond donors (Lipinski definition) is 1. The topological polar surface area (TPSA) is 100 Å². The quantitative estimate of drug-likeness (QED) is 0.675. The van der Waals surface area contributed by atoms with E-state index in [1.807, 2.05) is 36.1 Å². The Morgan fingerprint density at radius 1 is 1.39 bits per heavy atom. The van der Waals surface area contributed by atoms with E-state index in [1.165, 1.54) is 11.8 Å². The molecule has 2 aliphatic rings. The first-order valence-corrected chi connectivity index (χ1v) is 11.8. The summed E-state index contributed by atoms with van der Waals surface area (Å²) < 4.78 is 7.17. The molecule has 3 atom stereocenters. The van der Waals surface area contributed by atoms with Gasteiger partial charge in [-0.2, -0.15) is 5.26 Å². The normalized spacial score (nSPS) is 20.7. The van der Waals surface area contributed by atoms with Gasteiger partial charge in [0, 0.05) is 30.3 Å². The van der Waals surface area contributed by atoms with E-state index in [4.69, 9.17) is 4.74 Å². The van der Waals surface area contributed by atoms with Gasteiger partial charge in [-0.3, -0.25) is 9.59 Å². The molecule has 0 bridgehead atoms. The summed E-state index contributed by atoms with van der Waals surface area (Å²) in [5.74, 6) is 0.291. The van der Waals surface area contributed by atoms with Gasteiger partial charge in [0.1, 0.15) is 12.3 Å². The molecular formula is C24H27N5O3S. The predicted molar refractivity (Wildman–Crippen MR) is 125 cm³/mol. The summed E-state index contributed by atoms with van der Waals surface area (Å²) in [6, 6.07) is 10.1. The molecule has 0 fully saturated rings. The van der Waals surface area contributed by atoms with Crippen molar-refractivity contribution in [3.8, 4) is 11.8 Å². The maximum Gasteiger partial charge on any atom is 0.242 e. The van der Waals surface area contributed by atoms with E-state index in [0.717, 1.165) is 21.8 Å². The van der Waals surface area contributed by atoms with Gasteiger partial charge in [-0.1, -0.05) is 25.1 Å². The maximum atomic E-state index is 12.8. The van der Waals surface area contributed by atoms with Crippen LogP contribution in [0, 0.1) is 17.2 Å². The highest BCUT2D eigenvalue weighted by Crippen LogP contribution is 2.44. The number of nitrogens with zero attached hydrogens (tertiary/aromatic N) is 4. The molecule has 2 amide bonds. The lowest BCUT2D eigenvalue weighted by Gasteiger charge is -2.28. The first kappa shape index (κ1) is 22.9. The second-order valence-electron chi connectivity index (χ2n) is 8.31. The van der Waals surface area contributed by atoms with Gasteiger partial charge < -0.3 is 19.5 Å². The third-order valence-corrected chi connectivity index (χ3v) is 7.44. The molecule has 2 aliphatic heterocycles. The number of hydrogen-bond acceptors (Lipinski definition) is 6. The van der Waals surface area contributed by atoms with Crippen molar-refractivity contribution in [2.24, 2.45) is 5.92 Å². The molecule has 0 radical (unpaired) electrons. The van der Waals surface area contributed by atoms with Crippen LogP contribution in [0.15, 0.2) is 53.5 Å². The summed E-state index contributed by atoms with van der Waals surface area (Å²) in [6.07, 6.45) is 5.99. The zero-order valence-electron chi connectivity index (χ0n) is 18.7. The number of thioether (sulfide) groups is 1. The number of carbonyl (C=O) groups is 2. The van der Waals surface area contributed by atoms with E-state index in [-0.39, 0.29) is 35.6 Å². The molecular weight excluding hydrogens is 438 g/mol. The Balaban J connectivity index is 1.36. The molecule has 172 valence electrons. The minimum absolute atomic E-state index is 0.0202. The van der Waals surface area contributed by atoms with Gasteiger partial charge in [0.2, 0.25) is 11.8 Å². The van der Waals surface area contributed by atoms with Crippen LogP contribution in [0.2, 0.25) is 0 Å². The predicted octanol–water partition coefficient (Wildman–Crippen LogP) is 2.90. The van der Waals surface area contributed by atoms with Crippen LogP contribution in [0.3, 0.4) is 0 Å². The number of amides is 2. The van der Waals surface area contributed by atoms with E-state index in [9.17, 15) is 14.9 Å². The zero-order chi connectivity index (χ0) is 23.4. The Hall–Kier alpha value is -3.25. The third-order valence-electron chi connectivity index (χ3n) is 6.12. The lowest BCUT2D eigenvalue weighted by atomic mass is 9.93. The molecule has 0 aliphatic carbocycles. The summed E-state index contributed by atoms with van der Waals surface area (Å²) in [4.78, 5) is 32.3. The number of nitriles is 1. The average molecular weight is 466 g/mol. The van der Waals surface area contributed by atoms with Gasteiger partial charge in [0.15, 0.2) is 0 Å². The summed E-state index contributed by atoms with van der Waals surface area (Å²) in [7, 11) is 1.62. The number of benzene rings is 1. The van der Waals surface area contributed by atoms with Crippen molar-refractivity contribution in [2.75, 3.05) is 20.2 Å². The van der Waals surface area contributed by atoms with Gasteiger partial charge >= 0.3 is 0 Å². The monoisotopic (exact) mass is 465 g/mol. The minimum atomic E-state index is -0.374. The molecule has 4 rings (SSSR count). The number of rotatable bonds is 7. The highest BCUT2D eigenvalue weighted by molar-refractivity contribution is 8.04. The second-order valence-corrected chi connectivity index (χ2v) is 9.54. The van der Waals surface area contributed by atoms with E-state index in [1.54, 1.807) is 30.4 Å². The Morgan fingerprint density at radius 3 is 2.94 bits per heavy atom. The van der Waals surface area contributed by atoms with Crippen LogP contribution in [-0.4, -0.2) is 51.8 Å². The van der Waals surface area contributed by atoms with Gasteiger partial charge in [0.25, 0.3) is 0 Å². The van der Waals surface area contributed by atoms with Crippen LogP contribution in [0.1, 0.15) is 31.2 Å². The van der Waals surface area contributed by atoms with Gasteiger partial charge in [0.05, 0.1) is 37.3 Å². The molecule has 3 heterocycles. The Kier molecular flexibility index (Phi) is 7.04. The van der Waals surface area contributed by atoms with Crippen molar-refractivity contribution in [3.63, 3.8) is 0 Å². The largest absolute Gasteiger partial charge is 0.496 e. The minimum Gasteiger partial charge on any atom is -0.496 e. The van der Waals surface area contributed by atoms with Crippen LogP contribution >= 0.6 is 11.8 Å². The van der Waals surface area contributed by atoms with Gasteiger partial charge in [-0.25, -0.2) is 4.98 Å². The van der Waals surface area contributed by atoms with Crippen molar-refractivity contribution in [3.05, 3.63) is 59.0 Å². The van der Waals surface area contributed by atoms with Crippen LogP contribution in [0.5, 0.6) is 5.75 Å². The molecule has 1 N–H and O–H groups in total. The van der Waals surface area contributed by atoms with Crippen LogP contribution in [-0.2, 0) is 16.1 Å². The Labute approximate surface area is 197 Å². The third kappa shape index (κ3) is 5.06. The summed E-state index contributed by atoms with van der Waals surface area (Å²) in [5, 5.41) is 12.5. The Morgan fingerprint density at radius 2 is 2.21 bits per heavy atom. The second kappa shape index (κ2) is 10.1. The van der Waals surface area contributed by atoms with Gasteiger partial charge in [-0.15, -0.1) is 11.8 Å². The fourth-order valence-corrected chi connectivity index (χ4v) is 5.85. The highest BCUT2D eigenvalue weighted by Gasteiger charge is 2.40. The van der Waals surface area contributed by atoms with Crippen molar-refractivity contribution in [1.29, 1.82) is 5.26 Å². The first-order chi connectivity index (χ1) is 16.0. The van der Waals surface area contributed by atoms with E-state index < -0.39 is 0 Å². The van der Waals surface area contributed by atoms with Crippen LogP contribution < -0.4 is 10.1 Å². The molecule has 1 aromatic heterocycles. The van der Waals surface area contributed by atoms with Crippen molar-refractivity contribution >= 4 is 23.6 Å². The number of carbonyl (C=O) groups excluding carboxylic acids is 2. The number of ether oxygens (including phenoxy) is 1. The molecule has 33 heavy (non-hydrogen) atoms. The summed E-state index contributed by atoms with van der Waals surface area (Å²) >= 11 is 1.50. The number of methoxy groups -OCH3 is 1. The number of nitrogens with one attached hydrogen (secondary N) is 1. The smallest absolute Gasteiger partial charge is 0.242 e. The lowest BCUT2D eigenvalue weighted by Crippen LogP contribution is -2.38. The molecule has 0 saturated heterocycles. The first-order valence-electron chi connectivity index (χ1n) is 10.9. The summed E-state index contributed by atoms with van der Waals surface area (Å²) in [5.41, 5.74) is 2.03. The lowest BCUT2D eigenvalue weighted by molar-refractivity contribution is -0.131. The molecule has 9 heteroatoms. The molecule has 0 saturated carbocycles. The zero-order valence-corrected chi connectivity index (χ0v) is 19.5. The van der Waals surface area contributed by atoms with Crippen LogP contribution in [0.25, 0.3) is 0 Å². The number of para-hydroxylation sites is 1. The van der Waals surface area contributed by atoms with Crippen molar-refractivity contribution < 1.29 is 14.3 Å². The maximum absolute atomic E-state index is 12.8. The molecule has 8 nitrogen and oxygen atoms in total. The summed E-state index contributed by atoms with van der Waals surface area (Å²) in [6.45, 7) is 3.30. The van der Waals surface area contributed by atoms with Gasteiger partial charge in [-0.05, 0) is 29.5 Å². The SMILES string of the molecule is COc1ccccc1C(C)CC(=O)NC1SC2=C(CCN(C(=O)Cn3ccnc3)C2)C1C#N. The van der Waals surface area contributed by atoms with Crippen molar-refractivity contribution in [1.82, 2.24) is 19.8 Å². The standard InChI is InChI=1S/C24H27N5O3S/c1-16(17-5-3-4-6-20(17)32-2)11-22(30)27-24-19(12-25)18-7-9-29(13-21(18)33-24)23(31)14-28-10-8-26-15-28/h3-6,8,10,15-16,19,24H,7,9,11,13-14H2,1-2H3,(H,27,30). The van der Waals surface area contributed by atoms with Crippen LogP contribution in [0.4, 0.5) is 0 Å².